The van der Waals surface area contributed by atoms with Crippen LogP contribution in [0.25, 0.3) is 16.7 Å². The monoisotopic (exact) mass is 623 g/mol. The van der Waals surface area contributed by atoms with Crippen LogP contribution in [0.1, 0.15) is 44.2 Å². The summed E-state index contributed by atoms with van der Waals surface area (Å²) in [5.41, 5.74) is 1.55. The van der Waals surface area contributed by atoms with E-state index >= 15 is 0 Å². The highest BCUT2D eigenvalue weighted by atomic mass is 16.6. The number of nitrogens with zero attached hydrogens (tertiary/aromatic N) is 4. The van der Waals surface area contributed by atoms with Gasteiger partial charge in [0.1, 0.15) is 11.5 Å². The van der Waals surface area contributed by atoms with E-state index in [1.165, 1.54) is 12.0 Å². The summed E-state index contributed by atoms with van der Waals surface area (Å²) in [6, 6.07) is 9.41. The molecule has 12 heteroatoms. The molecule has 0 aliphatic heterocycles. The Morgan fingerprint density at radius 2 is 1.91 bits per heavy atom. The van der Waals surface area contributed by atoms with Gasteiger partial charge in [-0.05, 0) is 57.2 Å². The maximum atomic E-state index is 12.9. The van der Waals surface area contributed by atoms with Crippen LogP contribution in [0.15, 0.2) is 62.3 Å². The number of ether oxygens (including phenoxy) is 4. The number of allylic oxidation sites excluding steroid dienone is 1. The zero-order chi connectivity index (χ0) is 33.2. The number of carbonyl (C=O) groups is 3. The molecule has 0 saturated heterocycles. The minimum absolute atomic E-state index is 0.149. The van der Waals surface area contributed by atoms with Gasteiger partial charge >= 0.3 is 6.09 Å². The fraction of sp³-hybridized carbons (Fsp3) is 0.424. The zero-order valence-electron chi connectivity index (χ0n) is 26.7. The number of benzene rings is 1. The lowest BCUT2D eigenvalue weighted by Crippen LogP contribution is -2.42. The first-order chi connectivity index (χ1) is 21.8. The highest BCUT2D eigenvalue weighted by Gasteiger charge is 2.30. The van der Waals surface area contributed by atoms with Crippen LogP contribution in [-0.2, 0) is 19.1 Å². The van der Waals surface area contributed by atoms with Crippen LogP contribution in [0.4, 0.5) is 4.79 Å². The Labute approximate surface area is 265 Å². The normalized spacial score (nSPS) is 12.3. The fourth-order valence-electron chi connectivity index (χ4n) is 4.05. The van der Waals surface area contributed by atoms with E-state index in [2.05, 4.69) is 34.9 Å². The zero-order valence-corrected chi connectivity index (χ0v) is 26.7. The molecule has 1 atom stereocenters. The second kappa shape index (κ2) is 19.4. The summed E-state index contributed by atoms with van der Waals surface area (Å²) >= 11 is 0. The lowest BCUT2D eigenvalue weighted by molar-refractivity contribution is -0.130. The van der Waals surface area contributed by atoms with E-state index in [4.69, 9.17) is 24.0 Å². The fourth-order valence-corrected chi connectivity index (χ4v) is 4.05. The van der Waals surface area contributed by atoms with E-state index in [1.54, 1.807) is 18.8 Å². The van der Waals surface area contributed by atoms with Crippen molar-refractivity contribution in [1.29, 1.82) is 0 Å². The number of methoxy groups -OCH3 is 2. The van der Waals surface area contributed by atoms with Crippen molar-refractivity contribution in [2.75, 3.05) is 34.4 Å². The topological polar surface area (TPSA) is 134 Å². The molecule has 0 spiro atoms. The molecule has 0 radical (unpaired) electrons. The predicted octanol–water partition coefficient (Wildman–Crippen LogP) is 5.17. The van der Waals surface area contributed by atoms with E-state index in [0.29, 0.717) is 35.9 Å². The van der Waals surface area contributed by atoms with Crippen LogP contribution < -0.4 is 14.8 Å². The summed E-state index contributed by atoms with van der Waals surface area (Å²) in [7, 11) is 4.59. The number of carbonyl (C=O) groups excluding carboxylic acids is 3. The molecule has 1 aliphatic carbocycles. The Bertz CT molecular complexity index is 1390. The molecule has 0 bridgehead atoms. The van der Waals surface area contributed by atoms with Crippen LogP contribution in [-0.4, -0.2) is 84.7 Å². The molecule has 2 amide bonds. The standard InChI is InChI=1S/C29H37N5O5.C2H4O2.C2H4/c1-5-6-7-8-15-33(3)29(36)39-25(28(35)30-21-9-10-21)14-17-38-26-19-27(34-16-13-20(2)32-34)31-24-18-22(37-4)11-12-23(24)26;1-4-2-3;1-2/h5,11-13,16,18-19,21,25H,1,6-10,14-15,17H2,2-4H3,(H,30,35);2H,1H3;1-2H2/t25-;;/m0../s1. The SMILES string of the molecule is C=C.C=CCCCCN(C)C(=O)O[C@@H](CCOc1cc(-n2ccc(C)n2)nc2cc(OC)ccc12)C(=O)NC1CC1.COC=O. The van der Waals surface area contributed by atoms with Gasteiger partial charge in [-0.2, -0.15) is 5.10 Å². The van der Waals surface area contributed by atoms with Gasteiger partial charge in [0.2, 0.25) is 0 Å². The summed E-state index contributed by atoms with van der Waals surface area (Å²) in [5, 5.41) is 8.20. The van der Waals surface area contributed by atoms with E-state index in [0.717, 1.165) is 43.2 Å². The second-order valence-electron chi connectivity index (χ2n) is 10.1. The maximum Gasteiger partial charge on any atom is 0.410 e. The number of nitrogens with one attached hydrogen (secondary N) is 1. The Kier molecular flexibility index (Phi) is 15.7. The highest BCUT2D eigenvalue weighted by Crippen LogP contribution is 2.30. The molecule has 45 heavy (non-hydrogen) atoms. The molecule has 3 aromatic rings. The number of hydrogen-bond acceptors (Lipinski definition) is 9. The lowest BCUT2D eigenvalue weighted by atomic mass is 10.2. The molecule has 1 fully saturated rings. The third-order valence-electron chi connectivity index (χ3n) is 6.58. The van der Waals surface area contributed by atoms with Crippen LogP contribution in [0.3, 0.4) is 0 Å². The van der Waals surface area contributed by atoms with Crippen LogP contribution in [0.2, 0.25) is 0 Å². The number of fused-ring (bicyclic) bond motifs is 1. The van der Waals surface area contributed by atoms with Gasteiger partial charge in [0.15, 0.2) is 11.9 Å². The minimum atomic E-state index is -0.963. The van der Waals surface area contributed by atoms with E-state index in [-0.39, 0.29) is 25.0 Å². The highest BCUT2D eigenvalue weighted by molar-refractivity contribution is 5.87. The van der Waals surface area contributed by atoms with Gasteiger partial charge in [0.05, 0.1) is 32.0 Å². The lowest BCUT2D eigenvalue weighted by Gasteiger charge is -2.22. The molecule has 244 valence electrons. The molecule has 1 N–H and O–H groups in total. The van der Waals surface area contributed by atoms with Crippen molar-refractivity contribution in [1.82, 2.24) is 25.0 Å². The van der Waals surface area contributed by atoms with Gasteiger partial charge in [-0.15, -0.1) is 19.7 Å². The first-order valence-electron chi connectivity index (χ1n) is 14.7. The molecule has 4 rings (SSSR count). The van der Waals surface area contributed by atoms with Crippen molar-refractivity contribution in [2.24, 2.45) is 0 Å². The maximum absolute atomic E-state index is 12.9. The molecule has 2 aromatic heterocycles. The number of rotatable bonds is 15. The number of pyridine rings is 1. The first-order valence-corrected chi connectivity index (χ1v) is 14.7. The number of unbranched alkanes of at least 4 members (excludes halogenated alkanes) is 2. The van der Waals surface area contributed by atoms with Crippen molar-refractivity contribution in [3.63, 3.8) is 0 Å². The van der Waals surface area contributed by atoms with Gasteiger partial charge in [0, 0.05) is 49.8 Å². The third-order valence-corrected chi connectivity index (χ3v) is 6.58. The Balaban J connectivity index is 0.00000109. The van der Waals surface area contributed by atoms with Crippen LogP contribution in [0, 0.1) is 6.92 Å². The quantitative estimate of drug-likeness (QED) is 0.138. The third kappa shape index (κ3) is 12.0. The average molecular weight is 624 g/mol. The minimum Gasteiger partial charge on any atom is -0.497 e. The summed E-state index contributed by atoms with van der Waals surface area (Å²) in [5.74, 6) is 1.54. The smallest absolute Gasteiger partial charge is 0.410 e. The van der Waals surface area contributed by atoms with Crippen LogP contribution in [0.5, 0.6) is 11.5 Å². The molecule has 1 aliphatic rings. The number of aromatic nitrogens is 3. The van der Waals surface area contributed by atoms with Crippen molar-refractivity contribution in [3.05, 3.63) is 68.0 Å². The molecule has 0 unspecified atom stereocenters. The summed E-state index contributed by atoms with van der Waals surface area (Å²) in [6.45, 7) is 12.7. The van der Waals surface area contributed by atoms with Gasteiger partial charge in [0.25, 0.3) is 12.4 Å². The largest absolute Gasteiger partial charge is 0.497 e. The Morgan fingerprint density at radius 1 is 1.18 bits per heavy atom. The van der Waals surface area contributed by atoms with Gasteiger partial charge < -0.3 is 29.2 Å². The molecule has 1 aromatic carbocycles. The molecular weight excluding hydrogens is 578 g/mol. The molecule has 1 saturated carbocycles. The van der Waals surface area contributed by atoms with Crippen molar-refractivity contribution in [2.45, 2.75) is 57.6 Å². The Morgan fingerprint density at radius 3 is 2.51 bits per heavy atom. The van der Waals surface area contributed by atoms with Crippen molar-refractivity contribution in [3.8, 4) is 17.3 Å². The van der Waals surface area contributed by atoms with Crippen molar-refractivity contribution < 1.29 is 33.3 Å². The summed E-state index contributed by atoms with van der Waals surface area (Å²) in [4.78, 5) is 40.8. The average Bonchev–Trinajstić information content (AvgIpc) is 3.77. The Hall–Kier alpha value is -4.87. The molecule has 12 nitrogen and oxygen atoms in total. The number of hydrogen-bond donors (Lipinski definition) is 1. The molecule has 2 heterocycles. The van der Waals surface area contributed by atoms with Gasteiger partial charge in [-0.3, -0.25) is 9.59 Å². The van der Waals surface area contributed by atoms with Crippen LogP contribution >= 0.6 is 0 Å². The number of aryl methyl sites for hydroxylation is 1. The number of amides is 2. The second-order valence-corrected chi connectivity index (χ2v) is 10.1. The summed E-state index contributed by atoms with van der Waals surface area (Å²) < 4.78 is 22.7. The van der Waals surface area contributed by atoms with Crippen molar-refractivity contribution >= 4 is 29.4 Å². The molecular formula is C33H45N5O7. The summed E-state index contributed by atoms with van der Waals surface area (Å²) in [6.07, 6.45) is 6.94. The van der Waals surface area contributed by atoms with Gasteiger partial charge in [-0.1, -0.05) is 6.08 Å². The first kappa shape index (κ1) is 36.3. The van der Waals surface area contributed by atoms with E-state index < -0.39 is 12.2 Å². The van der Waals surface area contributed by atoms with E-state index in [9.17, 15) is 9.59 Å². The van der Waals surface area contributed by atoms with Gasteiger partial charge in [-0.25, -0.2) is 14.5 Å². The predicted molar refractivity (Wildman–Crippen MR) is 173 cm³/mol. The van der Waals surface area contributed by atoms with E-state index in [1.807, 2.05) is 49.5 Å².